The molecular formula is C50H55BrN14O6. The van der Waals surface area contributed by atoms with Gasteiger partial charge in [-0.05, 0) is 87.1 Å². The third kappa shape index (κ3) is 11.9. The summed E-state index contributed by atoms with van der Waals surface area (Å²) in [5.74, 6) is 7.69. The summed E-state index contributed by atoms with van der Waals surface area (Å²) in [4.78, 5) is 69.3. The molecule has 0 saturated carbocycles. The van der Waals surface area contributed by atoms with Crippen molar-refractivity contribution >= 4 is 73.3 Å². The number of carbonyl (C=O) groups excluding carboxylic acids is 4. The van der Waals surface area contributed by atoms with Gasteiger partial charge in [0.05, 0.1) is 70.8 Å². The molecule has 4 amide bonds. The summed E-state index contributed by atoms with van der Waals surface area (Å²) in [6, 6.07) is 10.8. The van der Waals surface area contributed by atoms with Gasteiger partial charge >= 0.3 is 0 Å². The number of methoxy groups -OCH3 is 2. The number of primary amides is 2. The van der Waals surface area contributed by atoms with Crippen LogP contribution in [0.5, 0.6) is 0 Å². The Kier molecular flexibility index (Phi) is 17.4. The fourth-order valence-corrected chi connectivity index (χ4v) is 8.88. The van der Waals surface area contributed by atoms with Gasteiger partial charge in [-0.3, -0.25) is 29.1 Å². The minimum absolute atomic E-state index is 0.106. The van der Waals surface area contributed by atoms with Crippen molar-refractivity contribution in [1.29, 1.82) is 0 Å². The molecule has 2 saturated heterocycles. The van der Waals surface area contributed by atoms with E-state index in [4.69, 9.17) is 27.4 Å². The number of benzene rings is 2. The van der Waals surface area contributed by atoms with E-state index in [1.165, 1.54) is 12.2 Å². The third-order valence-electron chi connectivity index (χ3n) is 11.6. The van der Waals surface area contributed by atoms with Crippen LogP contribution in [-0.4, -0.2) is 140 Å². The van der Waals surface area contributed by atoms with Crippen LogP contribution < -0.4 is 22.1 Å². The van der Waals surface area contributed by atoms with Crippen molar-refractivity contribution in [3.63, 3.8) is 0 Å². The summed E-state index contributed by atoms with van der Waals surface area (Å²) >= 11 is 3.38. The minimum Gasteiger partial charge on any atom is -0.383 e. The van der Waals surface area contributed by atoms with Crippen molar-refractivity contribution in [2.24, 2.45) is 11.5 Å². The van der Waals surface area contributed by atoms with E-state index in [9.17, 15) is 19.2 Å². The summed E-state index contributed by atoms with van der Waals surface area (Å²) < 4.78 is 14.9. The second kappa shape index (κ2) is 23.6. The Bertz CT molecular complexity index is 3070. The number of halogens is 1. The fourth-order valence-electron chi connectivity index (χ4n) is 8.53. The number of anilines is 2. The van der Waals surface area contributed by atoms with Gasteiger partial charge in [0.1, 0.15) is 28.5 Å². The number of terminal acetylenes is 1. The predicted molar refractivity (Wildman–Crippen MR) is 273 cm³/mol. The molecule has 0 radical (unpaired) electrons. The maximum absolute atomic E-state index is 12.4. The van der Waals surface area contributed by atoms with Crippen LogP contribution in [0.1, 0.15) is 74.0 Å². The molecule has 20 nitrogen and oxygen atoms in total. The summed E-state index contributed by atoms with van der Waals surface area (Å²) in [5.41, 5.74) is 17.8. The van der Waals surface area contributed by atoms with E-state index in [0.717, 1.165) is 37.9 Å². The SMILES string of the molecule is C#Cc1nn([C@H]2C[C@H](COC)N(C(=O)C=C)C2)c(NC)c1C(N)=O.C=CC(=O)N1C[C@@H](n2nc(C#Cc3ccc4nc(C)cnc4c3)c(C(N)=O)c2NC)C[C@@H]1COC.Cc1cnc2cc(Br)ccc2n1. The van der Waals surface area contributed by atoms with Gasteiger partial charge in [-0.1, -0.05) is 35.0 Å². The number of ether oxygens (including phenoxy) is 2. The van der Waals surface area contributed by atoms with Crippen molar-refractivity contribution < 1.29 is 28.7 Å². The number of nitrogens with two attached hydrogens (primary N) is 2. The number of carbonyl (C=O) groups is 4. The van der Waals surface area contributed by atoms with E-state index >= 15 is 0 Å². The molecular weight excluding hydrogens is 973 g/mol. The molecule has 0 unspecified atom stereocenters. The Balaban J connectivity index is 0.000000196. The molecule has 2 aliphatic rings. The van der Waals surface area contributed by atoms with Crippen LogP contribution in [0.2, 0.25) is 0 Å². The van der Waals surface area contributed by atoms with Gasteiger partial charge in [0.15, 0.2) is 5.69 Å². The van der Waals surface area contributed by atoms with E-state index in [0.29, 0.717) is 56.3 Å². The Morgan fingerprint density at radius 2 is 1.21 bits per heavy atom. The number of hydrogen-bond donors (Lipinski definition) is 4. The van der Waals surface area contributed by atoms with Gasteiger partial charge in [0.2, 0.25) is 11.8 Å². The van der Waals surface area contributed by atoms with Gasteiger partial charge in [-0.2, -0.15) is 10.2 Å². The van der Waals surface area contributed by atoms with E-state index in [2.05, 4.69) is 87.6 Å². The molecule has 0 aliphatic carbocycles. The number of hydrogen-bond acceptors (Lipinski definition) is 14. The van der Waals surface area contributed by atoms with Crippen LogP contribution in [0.25, 0.3) is 22.1 Å². The molecule has 2 aliphatic heterocycles. The van der Waals surface area contributed by atoms with Crippen LogP contribution >= 0.6 is 15.9 Å². The second-order valence-corrected chi connectivity index (χ2v) is 17.3. The standard InChI is InChI=1S/C25H27N7O3.C16H21N5O3.C9H7BrN2/c1-5-22(33)31-13-17(11-18(31)14-35-4)32-25(27-3)23(24(26)34)20(30-32)9-7-16-6-8-19-21(10-16)28-12-15(2)29-19;1-5-12-14(15(17)23)16(18-3)21(19-12)10-7-11(9-24-4)20(8-10)13(22)6-2;1-6-5-11-9-4-7(10)2-3-8(9)12-6/h5-6,8,10,12,17-18,27H,1,11,13-14H2,2-4H3,(H2,26,34);1,6,10-11,18H,2,7-9H2,3-4H3,(H2,17,23);2-5H,1H3/t17-,18+;10-,11+;/m00./s1. The Hall–Kier alpha value is -7.98. The highest BCUT2D eigenvalue weighted by Gasteiger charge is 2.39. The van der Waals surface area contributed by atoms with E-state index < -0.39 is 11.8 Å². The number of rotatable bonds is 12. The van der Waals surface area contributed by atoms with Gasteiger partial charge in [-0.25, -0.2) is 19.3 Å². The molecule has 368 valence electrons. The predicted octanol–water partition coefficient (Wildman–Crippen LogP) is 4.33. The number of aromatic nitrogens is 8. The average Bonchev–Trinajstić information content (AvgIpc) is 4.16. The lowest BCUT2D eigenvalue weighted by Crippen LogP contribution is -2.37. The van der Waals surface area contributed by atoms with Crippen molar-refractivity contribution in [3.05, 3.63) is 118 Å². The highest BCUT2D eigenvalue weighted by Crippen LogP contribution is 2.34. The molecule has 2 fully saturated rings. The van der Waals surface area contributed by atoms with Crippen LogP contribution in [0.15, 0.2) is 78.6 Å². The molecule has 6 aromatic rings. The molecule has 8 rings (SSSR count). The molecule has 71 heavy (non-hydrogen) atoms. The van der Waals surface area contributed by atoms with Gasteiger partial charge in [0, 0.05) is 63.8 Å². The lowest BCUT2D eigenvalue weighted by Gasteiger charge is -2.22. The van der Waals surface area contributed by atoms with Crippen LogP contribution in [0.3, 0.4) is 0 Å². The first-order valence-corrected chi connectivity index (χ1v) is 23.0. The number of nitrogens with one attached hydrogen (secondary N) is 2. The zero-order chi connectivity index (χ0) is 51.5. The van der Waals surface area contributed by atoms with Crippen molar-refractivity contribution in [2.75, 3.05) is 65.3 Å². The minimum atomic E-state index is -0.649. The van der Waals surface area contributed by atoms with E-state index in [-0.39, 0.29) is 58.5 Å². The van der Waals surface area contributed by atoms with Gasteiger partial charge in [0.25, 0.3) is 11.8 Å². The second-order valence-electron chi connectivity index (χ2n) is 16.4. The van der Waals surface area contributed by atoms with Crippen LogP contribution in [-0.2, 0) is 19.1 Å². The third-order valence-corrected chi connectivity index (χ3v) is 12.1. The summed E-state index contributed by atoms with van der Waals surface area (Å²) in [6.07, 6.45) is 12.7. The fraction of sp³-hybridized carbons (Fsp3) is 0.320. The monoisotopic (exact) mass is 1030 g/mol. The summed E-state index contributed by atoms with van der Waals surface area (Å²) in [6.45, 7) is 12.5. The normalized spacial score (nSPS) is 16.9. The molecule has 0 bridgehead atoms. The number of fused-ring (bicyclic) bond motifs is 2. The average molecular weight is 1030 g/mol. The molecule has 21 heteroatoms. The molecule has 6 N–H and O–H groups in total. The molecule has 2 aromatic carbocycles. The zero-order valence-corrected chi connectivity index (χ0v) is 41.9. The Morgan fingerprint density at radius 1 is 0.746 bits per heavy atom. The lowest BCUT2D eigenvalue weighted by molar-refractivity contribution is -0.128. The zero-order valence-electron chi connectivity index (χ0n) is 40.3. The smallest absolute Gasteiger partial charge is 0.255 e. The maximum Gasteiger partial charge on any atom is 0.255 e. The van der Waals surface area contributed by atoms with Gasteiger partial charge < -0.3 is 41.4 Å². The quantitative estimate of drug-likeness (QED) is 0.0984. The molecule has 4 atom stereocenters. The van der Waals surface area contributed by atoms with E-state index in [1.54, 1.807) is 59.9 Å². The summed E-state index contributed by atoms with van der Waals surface area (Å²) in [5, 5.41) is 14.9. The highest BCUT2D eigenvalue weighted by molar-refractivity contribution is 9.10. The molecule has 6 heterocycles. The van der Waals surface area contributed by atoms with Crippen molar-refractivity contribution in [1.82, 2.24) is 49.3 Å². The topological polar surface area (TPSA) is 257 Å². The Morgan fingerprint density at radius 3 is 1.66 bits per heavy atom. The lowest BCUT2D eigenvalue weighted by atomic mass is 10.1. The molecule has 4 aromatic heterocycles. The van der Waals surface area contributed by atoms with Crippen LogP contribution in [0.4, 0.5) is 11.6 Å². The first-order valence-electron chi connectivity index (χ1n) is 22.2. The molecule has 0 spiro atoms. The first-order chi connectivity index (χ1) is 34.1. The number of likely N-dealkylation sites (tertiary alicyclic amines) is 2. The van der Waals surface area contributed by atoms with E-state index in [1.807, 2.05) is 50.2 Å². The maximum atomic E-state index is 12.4. The number of nitrogens with zero attached hydrogens (tertiary/aromatic N) is 10. The van der Waals surface area contributed by atoms with Crippen LogP contribution in [0, 0.1) is 38.0 Å². The van der Waals surface area contributed by atoms with Crippen molar-refractivity contribution in [3.8, 4) is 24.2 Å². The number of aryl methyl sites for hydroxylation is 2. The van der Waals surface area contributed by atoms with Crippen molar-refractivity contribution in [2.45, 2.75) is 50.9 Å². The van der Waals surface area contributed by atoms with Gasteiger partial charge in [-0.15, -0.1) is 6.42 Å². The highest BCUT2D eigenvalue weighted by atomic mass is 79.9. The largest absolute Gasteiger partial charge is 0.383 e. The Labute approximate surface area is 419 Å². The number of amides is 4. The first kappa shape index (κ1) is 52.4. The summed E-state index contributed by atoms with van der Waals surface area (Å²) in [7, 11) is 6.53.